The summed E-state index contributed by atoms with van der Waals surface area (Å²) in [6.45, 7) is 3.65. The lowest BCUT2D eigenvalue weighted by molar-refractivity contribution is -0.605. The monoisotopic (exact) mass is 663 g/mol. The van der Waals surface area contributed by atoms with Crippen molar-refractivity contribution in [3.63, 3.8) is 0 Å². The molecule has 2 saturated heterocycles. The van der Waals surface area contributed by atoms with E-state index in [9.17, 15) is 23.2 Å². The first-order valence-corrected chi connectivity index (χ1v) is 16.9. The van der Waals surface area contributed by atoms with Crippen LogP contribution in [-0.4, -0.2) is 99.4 Å². The van der Waals surface area contributed by atoms with E-state index in [2.05, 4.69) is 10.2 Å². The molecule has 0 bridgehead atoms. The number of hydrogen-bond acceptors (Lipinski definition) is 7. The zero-order valence-corrected chi connectivity index (χ0v) is 26.6. The number of halogens is 1. The van der Waals surface area contributed by atoms with Gasteiger partial charge in [-0.05, 0) is 58.3 Å². The zero-order chi connectivity index (χ0) is 32.3. The van der Waals surface area contributed by atoms with Gasteiger partial charge in [0.1, 0.15) is 6.04 Å². The molecule has 2 aliphatic rings. The molecule has 0 aliphatic carbocycles. The van der Waals surface area contributed by atoms with Gasteiger partial charge in [0.15, 0.2) is 12.4 Å². The summed E-state index contributed by atoms with van der Waals surface area (Å²) in [5, 5.41) is 16.4. The van der Waals surface area contributed by atoms with Gasteiger partial charge in [0, 0.05) is 68.5 Å². The molecular weight excluding hydrogens is 630 g/mol. The van der Waals surface area contributed by atoms with E-state index in [-0.39, 0.29) is 30.4 Å². The highest BCUT2D eigenvalue weighted by atomic mass is 35.5. The first kappa shape index (κ1) is 31.9. The Labute approximate surface area is 272 Å². The second kappa shape index (κ2) is 13.7. The summed E-state index contributed by atoms with van der Waals surface area (Å²) in [7, 11) is -3.98. The van der Waals surface area contributed by atoms with Crippen molar-refractivity contribution in [3.8, 4) is 11.1 Å². The summed E-state index contributed by atoms with van der Waals surface area (Å²) in [5.41, 5.74) is 2.01. The lowest BCUT2D eigenvalue weighted by Gasteiger charge is -2.40. The molecule has 0 radical (unpaired) electrons. The van der Waals surface area contributed by atoms with Gasteiger partial charge in [0.2, 0.25) is 15.9 Å². The van der Waals surface area contributed by atoms with Crippen molar-refractivity contribution in [1.29, 1.82) is 0 Å². The second-order valence-electron chi connectivity index (χ2n) is 11.3. The third kappa shape index (κ3) is 7.01. The van der Waals surface area contributed by atoms with Crippen molar-refractivity contribution in [2.45, 2.75) is 10.9 Å². The van der Waals surface area contributed by atoms with Crippen molar-refractivity contribution < 1.29 is 27.5 Å². The molecule has 3 aromatic carbocycles. The van der Waals surface area contributed by atoms with Crippen LogP contribution < -0.4 is 10.0 Å². The summed E-state index contributed by atoms with van der Waals surface area (Å²) < 4.78 is 35.1. The predicted molar refractivity (Wildman–Crippen MR) is 174 cm³/mol. The van der Waals surface area contributed by atoms with Crippen LogP contribution in [0.25, 0.3) is 21.9 Å². The smallest absolute Gasteiger partial charge is 0.254 e. The molecule has 3 heterocycles. The molecule has 4 aromatic rings. The van der Waals surface area contributed by atoms with Gasteiger partial charge in [-0.2, -0.15) is 9.04 Å². The largest absolute Gasteiger partial charge is 0.619 e. The molecule has 13 heteroatoms. The van der Waals surface area contributed by atoms with Gasteiger partial charge in [0.25, 0.3) is 5.91 Å². The SMILES string of the molecule is O=C(NCCN1CCOCC1)C1CN(S(=O)(=O)c2ccc3cc(Cl)ccc3c2)CCN1C(=O)c1ccc(-c2cc[n+]([O-])cc2)cc1. The third-order valence-electron chi connectivity index (χ3n) is 8.42. The molecule has 2 fully saturated rings. The highest BCUT2D eigenvalue weighted by Crippen LogP contribution is 2.27. The Morgan fingerprint density at radius 1 is 0.891 bits per heavy atom. The van der Waals surface area contributed by atoms with Crippen LogP contribution in [0.5, 0.6) is 0 Å². The minimum Gasteiger partial charge on any atom is -0.619 e. The van der Waals surface area contributed by atoms with Crippen molar-refractivity contribution in [2.75, 3.05) is 59.0 Å². The fourth-order valence-corrected chi connectivity index (χ4v) is 7.46. The number of pyridine rings is 1. The Bertz CT molecular complexity index is 1830. The van der Waals surface area contributed by atoms with Crippen LogP contribution in [0.15, 0.2) is 90.1 Å². The van der Waals surface area contributed by atoms with Gasteiger partial charge in [0.05, 0.1) is 18.1 Å². The molecule has 1 N–H and O–H groups in total. The Morgan fingerprint density at radius 2 is 1.57 bits per heavy atom. The van der Waals surface area contributed by atoms with Crippen LogP contribution in [-0.2, 0) is 19.6 Å². The fraction of sp³-hybridized carbons (Fsp3) is 0.303. The quantitative estimate of drug-likeness (QED) is 0.227. The normalized spacial score (nSPS) is 18.0. The number of amides is 2. The van der Waals surface area contributed by atoms with E-state index in [4.69, 9.17) is 16.3 Å². The number of carbonyl (C=O) groups is 2. The van der Waals surface area contributed by atoms with Gasteiger partial charge in [-0.1, -0.05) is 35.9 Å². The van der Waals surface area contributed by atoms with Crippen LogP contribution in [0.3, 0.4) is 0 Å². The van der Waals surface area contributed by atoms with Gasteiger partial charge in [-0.3, -0.25) is 14.5 Å². The number of fused-ring (bicyclic) bond motifs is 1. The maximum Gasteiger partial charge on any atom is 0.254 e. The molecule has 240 valence electrons. The lowest BCUT2D eigenvalue weighted by Crippen LogP contribution is -2.61. The highest BCUT2D eigenvalue weighted by Gasteiger charge is 2.40. The van der Waals surface area contributed by atoms with Crippen LogP contribution in [0, 0.1) is 5.21 Å². The van der Waals surface area contributed by atoms with Crippen molar-refractivity contribution in [1.82, 2.24) is 19.4 Å². The summed E-state index contributed by atoms with van der Waals surface area (Å²) in [5.74, 6) is -0.786. The molecule has 1 atom stereocenters. The molecule has 46 heavy (non-hydrogen) atoms. The second-order valence-corrected chi connectivity index (χ2v) is 13.7. The summed E-state index contributed by atoms with van der Waals surface area (Å²) in [4.78, 5) is 31.2. The average Bonchev–Trinajstić information content (AvgIpc) is 3.08. The number of ether oxygens (including phenoxy) is 1. The number of nitrogens with zero attached hydrogens (tertiary/aromatic N) is 4. The first-order chi connectivity index (χ1) is 22.2. The van der Waals surface area contributed by atoms with E-state index >= 15 is 0 Å². The topological polar surface area (TPSA) is 126 Å². The van der Waals surface area contributed by atoms with E-state index in [0.29, 0.717) is 41.6 Å². The Balaban J connectivity index is 1.22. The van der Waals surface area contributed by atoms with Crippen LogP contribution in [0.2, 0.25) is 5.02 Å². The first-order valence-electron chi connectivity index (χ1n) is 15.1. The van der Waals surface area contributed by atoms with Crippen LogP contribution >= 0.6 is 11.6 Å². The number of hydrogen-bond donors (Lipinski definition) is 1. The molecule has 1 unspecified atom stereocenters. The average molecular weight is 664 g/mol. The van der Waals surface area contributed by atoms with Gasteiger partial charge in [-0.25, -0.2) is 8.42 Å². The molecule has 6 rings (SSSR count). The molecule has 1 aromatic heterocycles. The number of rotatable bonds is 8. The van der Waals surface area contributed by atoms with E-state index in [1.165, 1.54) is 27.7 Å². The Morgan fingerprint density at radius 3 is 2.30 bits per heavy atom. The van der Waals surface area contributed by atoms with E-state index in [1.807, 2.05) is 0 Å². The standard InChI is InChI=1S/C33H34ClN5O6S/c34-29-7-5-28-22-30(8-6-27(28)21-29)46(43,44)38-15-16-39(31(23-38)32(40)35-11-14-36-17-19-45-20-18-36)33(41)26-3-1-24(2-4-26)25-9-12-37(42)13-10-25/h1-10,12-13,21-22,31H,11,14-20,23H2,(H,35,40). The lowest BCUT2D eigenvalue weighted by atomic mass is 10.0. The summed E-state index contributed by atoms with van der Waals surface area (Å²) in [6, 6.07) is 19.3. The van der Waals surface area contributed by atoms with E-state index in [1.54, 1.807) is 66.7 Å². The molecular formula is C33H34ClN5O6S. The van der Waals surface area contributed by atoms with Crippen molar-refractivity contribution in [3.05, 3.63) is 101 Å². The minimum atomic E-state index is -3.98. The molecule has 2 aliphatic heterocycles. The third-order valence-corrected chi connectivity index (χ3v) is 10.5. The Kier molecular flexibility index (Phi) is 9.52. The van der Waals surface area contributed by atoms with Crippen LogP contribution in [0.4, 0.5) is 0 Å². The van der Waals surface area contributed by atoms with Crippen molar-refractivity contribution >= 4 is 44.2 Å². The zero-order valence-electron chi connectivity index (χ0n) is 25.0. The van der Waals surface area contributed by atoms with Gasteiger partial charge in [-0.15, -0.1) is 0 Å². The van der Waals surface area contributed by atoms with Crippen LogP contribution in [0.1, 0.15) is 10.4 Å². The Hall–Kier alpha value is -4.07. The summed E-state index contributed by atoms with van der Waals surface area (Å²) in [6.07, 6.45) is 2.80. The number of sulfonamides is 1. The number of piperazine rings is 1. The van der Waals surface area contributed by atoms with Crippen molar-refractivity contribution in [2.24, 2.45) is 0 Å². The highest BCUT2D eigenvalue weighted by molar-refractivity contribution is 7.89. The molecule has 0 saturated carbocycles. The maximum atomic E-state index is 13.9. The molecule has 11 nitrogen and oxygen atoms in total. The van der Waals surface area contributed by atoms with Gasteiger partial charge >= 0.3 is 0 Å². The van der Waals surface area contributed by atoms with E-state index < -0.39 is 22.0 Å². The molecule has 2 amide bonds. The number of morpholine rings is 1. The fourth-order valence-electron chi connectivity index (χ4n) is 5.80. The number of benzene rings is 3. The predicted octanol–water partition coefficient (Wildman–Crippen LogP) is 2.76. The molecule has 0 spiro atoms. The summed E-state index contributed by atoms with van der Waals surface area (Å²) >= 11 is 6.10. The number of aromatic nitrogens is 1. The number of carbonyl (C=O) groups excluding carboxylic acids is 2. The number of nitrogens with one attached hydrogen (secondary N) is 1. The minimum absolute atomic E-state index is 0.0293. The maximum absolute atomic E-state index is 13.9. The van der Waals surface area contributed by atoms with E-state index in [0.717, 1.165) is 35.0 Å². The van der Waals surface area contributed by atoms with Gasteiger partial charge < -0.3 is 20.2 Å².